The maximum atomic E-state index is 5.93. The Morgan fingerprint density at radius 3 is 2.29 bits per heavy atom. The van der Waals surface area contributed by atoms with Gasteiger partial charge in [-0.1, -0.05) is 42.5 Å². The summed E-state index contributed by atoms with van der Waals surface area (Å²) in [4.78, 5) is 6.57. The van der Waals surface area contributed by atoms with E-state index in [0.717, 1.165) is 12.2 Å². The van der Waals surface area contributed by atoms with Crippen molar-refractivity contribution in [1.29, 1.82) is 0 Å². The largest absolute Gasteiger partial charge is 0.370 e. The molecule has 0 saturated carbocycles. The van der Waals surface area contributed by atoms with Crippen LogP contribution in [-0.2, 0) is 13.1 Å². The van der Waals surface area contributed by atoms with Crippen LogP contribution in [0.15, 0.2) is 59.6 Å². The fourth-order valence-corrected chi connectivity index (χ4v) is 2.09. The standard InChI is InChI=1S/C17H22N4/c1-21(2)13-15-9-7-6-8-14(15)12-19-17(18)20-16-10-4-3-5-11-16/h3-11H,12-13H2,1-2H3,(H3,18,19,20). The molecule has 110 valence electrons. The summed E-state index contributed by atoms with van der Waals surface area (Å²) in [7, 11) is 4.12. The number of hydrogen-bond donors (Lipinski definition) is 2. The van der Waals surface area contributed by atoms with Crippen molar-refractivity contribution in [2.24, 2.45) is 10.7 Å². The maximum Gasteiger partial charge on any atom is 0.193 e. The van der Waals surface area contributed by atoms with E-state index in [1.165, 1.54) is 11.1 Å². The Morgan fingerprint density at radius 2 is 1.62 bits per heavy atom. The van der Waals surface area contributed by atoms with E-state index in [1.807, 2.05) is 36.4 Å². The van der Waals surface area contributed by atoms with Crippen molar-refractivity contribution < 1.29 is 0 Å². The second kappa shape index (κ2) is 7.45. The molecular formula is C17H22N4. The highest BCUT2D eigenvalue weighted by atomic mass is 15.1. The van der Waals surface area contributed by atoms with Gasteiger partial charge >= 0.3 is 0 Å². The third kappa shape index (κ3) is 4.93. The minimum atomic E-state index is 0.431. The SMILES string of the molecule is CN(C)Cc1ccccc1CN=C(N)Nc1ccccc1. The van der Waals surface area contributed by atoms with Crippen LogP contribution in [0.2, 0.25) is 0 Å². The molecular weight excluding hydrogens is 260 g/mol. The first kappa shape index (κ1) is 15.1. The van der Waals surface area contributed by atoms with E-state index in [1.54, 1.807) is 0 Å². The van der Waals surface area contributed by atoms with Gasteiger partial charge in [0.25, 0.3) is 0 Å². The van der Waals surface area contributed by atoms with E-state index < -0.39 is 0 Å². The smallest absolute Gasteiger partial charge is 0.193 e. The predicted molar refractivity (Wildman–Crippen MR) is 89.2 cm³/mol. The van der Waals surface area contributed by atoms with Crippen molar-refractivity contribution in [3.05, 3.63) is 65.7 Å². The molecule has 0 spiro atoms. The van der Waals surface area contributed by atoms with E-state index in [-0.39, 0.29) is 0 Å². The summed E-state index contributed by atoms with van der Waals surface area (Å²) in [6.45, 7) is 1.48. The first-order chi connectivity index (χ1) is 10.1. The third-order valence-electron chi connectivity index (χ3n) is 3.07. The summed E-state index contributed by atoms with van der Waals surface area (Å²) in [5.74, 6) is 0.431. The van der Waals surface area contributed by atoms with Crippen LogP contribution in [0.25, 0.3) is 0 Å². The molecule has 21 heavy (non-hydrogen) atoms. The lowest BCUT2D eigenvalue weighted by atomic mass is 10.1. The molecule has 0 aliphatic heterocycles. The second-order valence-corrected chi connectivity index (χ2v) is 5.20. The van der Waals surface area contributed by atoms with Gasteiger partial charge in [0.05, 0.1) is 6.54 Å². The van der Waals surface area contributed by atoms with Crippen LogP contribution >= 0.6 is 0 Å². The molecule has 0 fully saturated rings. The van der Waals surface area contributed by atoms with Crippen molar-refractivity contribution in [3.8, 4) is 0 Å². The molecule has 0 heterocycles. The van der Waals surface area contributed by atoms with Crippen molar-refractivity contribution in [1.82, 2.24) is 4.90 Å². The lowest BCUT2D eigenvalue weighted by molar-refractivity contribution is 0.401. The summed E-state index contributed by atoms with van der Waals surface area (Å²) in [6, 6.07) is 18.1. The van der Waals surface area contributed by atoms with Crippen LogP contribution in [0.4, 0.5) is 5.69 Å². The zero-order valence-electron chi connectivity index (χ0n) is 12.6. The maximum absolute atomic E-state index is 5.93. The molecule has 0 aliphatic rings. The number of nitrogens with zero attached hydrogens (tertiary/aromatic N) is 2. The van der Waals surface area contributed by atoms with Crippen molar-refractivity contribution in [2.45, 2.75) is 13.1 Å². The Balaban J connectivity index is 2.03. The van der Waals surface area contributed by atoms with E-state index >= 15 is 0 Å². The predicted octanol–water partition coefficient (Wildman–Crippen LogP) is 2.68. The molecule has 0 aromatic heterocycles. The number of rotatable bonds is 5. The molecule has 0 radical (unpaired) electrons. The summed E-state index contributed by atoms with van der Waals surface area (Å²) < 4.78 is 0. The summed E-state index contributed by atoms with van der Waals surface area (Å²) in [6.07, 6.45) is 0. The lowest BCUT2D eigenvalue weighted by Crippen LogP contribution is -2.22. The number of hydrogen-bond acceptors (Lipinski definition) is 2. The number of nitrogens with one attached hydrogen (secondary N) is 1. The fourth-order valence-electron chi connectivity index (χ4n) is 2.09. The molecule has 0 atom stereocenters. The summed E-state index contributed by atoms with van der Waals surface area (Å²) in [5.41, 5.74) is 9.35. The van der Waals surface area contributed by atoms with Gasteiger partial charge in [-0.15, -0.1) is 0 Å². The van der Waals surface area contributed by atoms with Gasteiger partial charge in [-0.3, -0.25) is 0 Å². The van der Waals surface area contributed by atoms with Gasteiger partial charge in [-0.05, 0) is 37.4 Å². The topological polar surface area (TPSA) is 53.6 Å². The average molecular weight is 282 g/mol. The van der Waals surface area contributed by atoms with Crippen LogP contribution in [0, 0.1) is 0 Å². The third-order valence-corrected chi connectivity index (χ3v) is 3.07. The fraction of sp³-hybridized carbons (Fsp3) is 0.235. The number of para-hydroxylation sites is 1. The Hall–Kier alpha value is -2.33. The monoisotopic (exact) mass is 282 g/mol. The van der Waals surface area contributed by atoms with Crippen LogP contribution in [0.1, 0.15) is 11.1 Å². The van der Waals surface area contributed by atoms with Gasteiger partial charge in [0, 0.05) is 12.2 Å². The summed E-state index contributed by atoms with van der Waals surface area (Å²) >= 11 is 0. The van der Waals surface area contributed by atoms with Crippen LogP contribution in [0.5, 0.6) is 0 Å². The van der Waals surface area contributed by atoms with Gasteiger partial charge in [0.15, 0.2) is 5.96 Å². The highest BCUT2D eigenvalue weighted by Gasteiger charge is 2.02. The molecule has 2 aromatic rings. The second-order valence-electron chi connectivity index (χ2n) is 5.20. The molecule has 3 N–H and O–H groups in total. The molecule has 2 aromatic carbocycles. The minimum absolute atomic E-state index is 0.431. The molecule has 0 bridgehead atoms. The quantitative estimate of drug-likeness (QED) is 0.655. The Morgan fingerprint density at radius 1 is 1.00 bits per heavy atom. The normalized spacial score (nSPS) is 11.7. The van der Waals surface area contributed by atoms with E-state index in [0.29, 0.717) is 12.5 Å². The summed E-state index contributed by atoms with van der Waals surface area (Å²) in [5, 5.41) is 3.09. The first-order valence-electron chi connectivity index (χ1n) is 6.98. The zero-order chi connectivity index (χ0) is 15.1. The highest BCUT2D eigenvalue weighted by Crippen LogP contribution is 2.12. The van der Waals surface area contributed by atoms with Gasteiger partial charge in [-0.2, -0.15) is 0 Å². The highest BCUT2D eigenvalue weighted by molar-refractivity contribution is 5.92. The molecule has 0 aliphatic carbocycles. The molecule has 0 amide bonds. The molecule has 0 unspecified atom stereocenters. The van der Waals surface area contributed by atoms with E-state index in [9.17, 15) is 0 Å². The van der Waals surface area contributed by atoms with Gasteiger partial charge in [-0.25, -0.2) is 4.99 Å². The number of guanidine groups is 1. The van der Waals surface area contributed by atoms with Crippen molar-refractivity contribution in [2.75, 3.05) is 19.4 Å². The molecule has 4 nitrogen and oxygen atoms in total. The van der Waals surface area contributed by atoms with Crippen LogP contribution in [0.3, 0.4) is 0 Å². The molecule has 2 rings (SSSR count). The van der Waals surface area contributed by atoms with Crippen LogP contribution in [-0.4, -0.2) is 25.0 Å². The lowest BCUT2D eigenvalue weighted by Gasteiger charge is -2.13. The van der Waals surface area contributed by atoms with E-state index in [2.05, 4.69) is 47.5 Å². The molecule has 0 saturated heterocycles. The minimum Gasteiger partial charge on any atom is -0.370 e. The Kier molecular flexibility index (Phi) is 5.35. The average Bonchev–Trinajstić information content (AvgIpc) is 2.47. The van der Waals surface area contributed by atoms with Gasteiger partial charge in [0.2, 0.25) is 0 Å². The van der Waals surface area contributed by atoms with Crippen molar-refractivity contribution >= 4 is 11.6 Å². The number of aliphatic imine (C=N–C) groups is 1. The Labute approximate surface area is 126 Å². The van der Waals surface area contributed by atoms with Crippen molar-refractivity contribution in [3.63, 3.8) is 0 Å². The Bertz CT molecular complexity index is 591. The number of nitrogens with two attached hydrogens (primary N) is 1. The van der Waals surface area contributed by atoms with E-state index in [4.69, 9.17) is 5.73 Å². The van der Waals surface area contributed by atoms with Crippen LogP contribution < -0.4 is 11.1 Å². The number of anilines is 1. The van der Waals surface area contributed by atoms with Gasteiger partial charge in [0.1, 0.15) is 0 Å². The number of benzene rings is 2. The zero-order valence-corrected chi connectivity index (χ0v) is 12.6. The van der Waals surface area contributed by atoms with Gasteiger partial charge < -0.3 is 16.0 Å². The first-order valence-corrected chi connectivity index (χ1v) is 6.98. The molecule has 4 heteroatoms.